The standard InChI is InChI=1S/C13H8ClNO4/c14-11-5-9(2-1-8(11)6-15)19-7-12-10(13(16)17)3-4-18-12/h1-5H,7H2,(H,16,17). The molecule has 0 spiro atoms. The van der Waals surface area contributed by atoms with Crippen molar-refractivity contribution < 1.29 is 19.1 Å². The average molecular weight is 278 g/mol. The Kier molecular flexibility index (Phi) is 3.74. The molecule has 1 aromatic heterocycles. The van der Waals surface area contributed by atoms with E-state index in [0.717, 1.165) is 0 Å². The second-order valence-corrected chi connectivity index (χ2v) is 4.01. The van der Waals surface area contributed by atoms with Gasteiger partial charge in [0, 0.05) is 6.07 Å². The van der Waals surface area contributed by atoms with Crippen molar-refractivity contribution in [2.45, 2.75) is 6.61 Å². The number of hydrogen-bond donors (Lipinski definition) is 1. The van der Waals surface area contributed by atoms with E-state index in [4.69, 9.17) is 31.1 Å². The van der Waals surface area contributed by atoms with Crippen LogP contribution in [0.5, 0.6) is 5.75 Å². The summed E-state index contributed by atoms with van der Waals surface area (Å²) in [6.45, 7) is -0.0309. The van der Waals surface area contributed by atoms with Crippen molar-refractivity contribution >= 4 is 17.6 Å². The Hall–Kier alpha value is -2.45. The molecule has 1 heterocycles. The minimum Gasteiger partial charge on any atom is -0.486 e. The predicted octanol–water partition coefficient (Wildman–Crippen LogP) is 3.08. The number of benzene rings is 1. The summed E-state index contributed by atoms with van der Waals surface area (Å²) < 4.78 is 10.4. The first-order valence-corrected chi connectivity index (χ1v) is 5.61. The van der Waals surface area contributed by atoms with E-state index in [1.165, 1.54) is 24.5 Å². The molecule has 0 fully saturated rings. The molecule has 96 valence electrons. The van der Waals surface area contributed by atoms with Crippen molar-refractivity contribution in [2.75, 3.05) is 0 Å². The molecule has 0 atom stereocenters. The largest absolute Gasteiger partial charge is 0.486 e. The monoisotopic (exact) mass is 277 g/mol. The highest BCUT2D eigenvalue weighted by Gasteiger charge is 2.13. The Balaban J connectivity index is 2.11. The van der Waals surface area contributed by atoms with E-state index in [1.54, 1.807) is 6.07 Å². The van der Waals surface area contributed by atoms with E-state index in [9.17, 15) is 4.79 Å². The number of hydrogen-bond acceptors (Lipinski definition) is 4. The van der Waals surface area contributed by atoms with Gasteiger partial charge >= 0.3 is 5.97 Å². The number of ether oxygens (including phenoxy) is 1. The van der Waals surface area contributed by atoms with Gasteiger partial charge in [0.2, 0.25) is 0 Å². The van der Waals surface area contributed by atoms with Crippen LogP contribution in [-0.4, -0.2) is 11.1 Å². The Morgan fingerprint density at radius 3 is 2.89 bits per heavy atom. The molecule has 6 heteroatoms. The predicted molar refractivity (Wildman–Crippen MR) is 66.2 cm³/mol. The van der Waals surface area contributed by atoms with Crippen molar-refractivity contribution in [1.29, 1.82) is 5.26 Å². The summed E-state index contributed by atoms with van der Waals surface area (Å²) in [7, 11) is 0. The van der Waals surface area contributed by atoms with Crippen LogP contribution in [0.1, 0.15) is 21.7 Å². The van der Waals surface area contributed by atoms with Crippen LogP contribution in [0.2, 0.25) is 5.02 Å². The Labute approximate surface area is 113 Å². The fourth-order valence-corrected chi connectivity index (χ4v) is 1.68. The third-order valence-corrected chi connectivity index (χ3v) is 2.72. The van der Waals surface area contributed by atoms with Crippen molar-refractivity contribution in [1.82, 2.24) is 0 Å². The maximum atomic E-state index is 10.9. The van der Waals surface area contributed by atoms with Crippen molar-refractivity contribution in [2.24, 2.45) is 0 Å². The number of nitrogens with zero attached hydrogens (tertiary/aromatic N) is 1. The van der Waals surface area contributed by atoms with Crippen LogP contribution >= 0.6 is 11.6 Å². The summed E-state index contributed by atoms with van der Waals surface area (Å²) in [5.41, 5.74) is 0.401. The SMILES string of the molecule is N#Cc1ccc(OCc2occc2C(=O)O)cc1Cl. The molecule has 0 saturated carbocycles. The summed E-state index contributed by atoms with van der Waals surface area (Å²) >= 11 is 5.85. The van der Waals surface area contributed by atoms with Gasteiger partial charge in [-0.25, -0.2) is 4.79 Å². The zero-order chi connectivity index (χ0) is 13.8. The fraction of sp³-hybridized carbons (Fsp3) is 0.0769. The van der Waals surface area contributed by atoms with E-state index in [2.05, 4.69) is 0 Å². The summed E-state index contributed by atoms with van der Waals surface area (Å²) in [5.74, 6) is -0.435. The van der Waals surface area contributed by atoms with E-state index in [-0.39, 0.29) is 23.0 Å². The Morgan fingerprint density at radius 1 is 1.47 bits per heavy atom. The van der Waals surface area contributed by atoms with Gasteiger partial charge in [0.15, 0.2) is 5.76 Å². The molecule has 0 aliphatic rings. The number of carboxylic acid groups (broad SMARTS) is 1. The highest BCUT2D eigenvalue weighted by molar-refractivity contribution is 6.31. The van der Waals surface area contributed by atoms with Gasteiger partial charge in [-0.1, -0.05) is 11.6 Å². The van der Waals surface area contributed by atoms with E-state index in [1.807, 2.05) is 6.07 Å². The molecule has 0 aliphatic heterocycles. The number of carbonyl (C=O) groups is 1. The lowest BCUT2D eigenvalue weighted by Gasteiger charge is -2.06. The zero-order valence-electron chi connectivity index (χ0n) is 9.59. The molecule has 2 aromatic rings. The first-order chi connectivity index (χ1) is 9.11. The zero-order valence-corrected chi connectivity index (χ0v) is 10.3. The number of nitriles is 1. The van der Waals surface area contributed by atoms with Crippen LogP contribution in [0.25, 0.3) is 0 Å². The minimum atomic E-state index is -1.08. The van der Waals surface area contributed by atoms with Crippen LogP contribution in [0, 0.1) is 11.3 Å². The van der Waals surface area contributed by atoms with Gasteiger partial charge in [0.1, 0.15) is 24.0 Å². The maximum Gasteiger partial charge on any atom is 0.339 e. The van der Waals surface area contributed by atoms with Crippen LogP contribution in [0.15, 0.2) is 34.9 Å². The lowest BCUT2D eigenvalue weighted by atomic mass is 10.2. The summed E-state index contributed by atoms with van der Waals surface area (Å²) in [6, 6.07) is 7.88. The van der Waals surface area contributed by atoms with Crippen LogP contribution in [0.4, 0.5) is 0 Å². The van der Waals surface area contributed by atoms with E-state index >= 15 is 0 Å². The fourth-order valence-electron chi connectivity index (χ4n) is 1.47. The minimum absolute atomic E-state index is 0.0309. The average Bonchev–Trinajstić information content (AvgIpc) is 2.85. The molecule has 1 aromatic carbocycles. The highest BCUT2D eigenvalue weighted by Crippen LogP contribution is 2.23. The molecule has 0 bridgehead atoms. The lowest BCUT2D eigenvalue weighted by Crippen LogP contribution is -2.02. The van der Waals surface area contributed by atoms with E-state index in [0.29, 0.717) is 11.3 Å². The summed E-state index contributed by atoms with van der Waals surface area (Å²) in [4.78, 5) is 10.9. The second-order valence-electron chi connectivity index (χ2n) is 3.60. The maximum absolute atomic E-state index is 10.9. The molecule has 0 saturated heterocycles. The molecule has 0 radical (unpaired) electrons. The van der Waals surface area contributed by atoms with Crippen LogP contribution in [-0.2, 0) is 6.61 Å². The molecular formula is C13H8ClNO4. The first kappa shape index (κ1) is 13.0. The summed E-state index contributed by atoms with van der Waals surface area (Å²) in [5, 5.41) is 17.9. The third kappa shape index (κ3) is 2.87. The van der Waals surface area contributed by atoms with E-state index < -0.39 is 5.97 Å². The molecule has 0 unspecified atom stereocenters. The lowest BCUT2D eigenvalue weighted by molar-refractivity contribution is 0.0692. The molecular weight excluding hydrogens is 270 g/mol. The van der Waals surface area contributed by atoms with Crippen LogP contribution in [0.3, 0.4) is 0 Å². The second kappa shape index (κ2) is 5.46. The first-order valence-electron chi connectivity index (χ1n) is 5.24. The van der Waals surface area contributed by atoms with Gasteiger partial charge < -0.3 is 14.3 Å². The van der Waals surface area contributed by atoms with Gasteiger partial charge in [0.25, 0.3) is 0 Å². The number of furan rings is 1. The Bertz CT molecular complexity index is 657. The van der Waals surface area contributed by atoms with Gasteiger partial charge in [-0.15, -0.1) is 0 Å². The van der Waals surface area contributed by atoms with Gasteiger partial charge in [-0.05, 0) is 18.2 Å². The molecule has 19 heavy (non-hydrogen) atoms. The third-order valence-electron chi connectivity index (χ3n) is 2.41. The molecule has 1 N–H and O–H groups in total. The molecule has 2 rings (SSSR count). The van der Waals surface area contributed by atoms with Crippen molar-refractivity contribution in [3.63, 3.8) is 0 Å². The number of carboxylic acids is 1. The summed E-state index contributed by atoms with van der Waals surface area (Å²) in [6.07, 6.45) is 1.29. The van der Waals surface area contributed by atoms with Crippen molar-refractivity contribution in [3.05, 3.63) is 52.4 Å². The quantitative estimate of drug-likeness (QED) is 0.928. The Morgan fingerprint density at radius 2 is 2.26 bits per heavy atom. The number of rotatable bonds is 4. The normalized spacial score (nSPS) is 9.89. The van der Waals surface area contributed by atoms with Gasteiger partial charge in [-0.3, -0.25) is 0 Å². The highest BCUT2D eigenvalue weighted by atomic mass is 35.5. The smallest absolute Gasteiger partial charge is 0.339 e. The van der Waals surface area contributed by atoms with Gasteiger partial charge in [0.05, 0.1) is 16.8 Å². The molecule has 5 nitrogen and oxygen atoms in total. The van der Waals surface area contributed by atoms with Gasteiger partial charge in [-0.2, -0.15) is 5.26 Å². The molecule has 0 aliphatic carbocycles. The topological polar surface area (TPSA) is 83.5 Å². The molecule has 0 amide bonds. The van der Waals surface area contributed by atoms with Crippen molar-refractivity contribution in [3.8, 4) is 11.8 Å². The number of aromatic carboxylic acids is 1. The van der Waals surface area contributed by atoms with Crippen LogP contribution < -0.4 is 4.74 Å². The number of halogens is 1.